The molecule has 0 bridgehead atoms. The van der Waals surface area contributed by atoms with Gasteiger partial charge in [0, 0.05) is 38.7 Å². The van der Waals surface area contributed by atoms with Crippen molar-refractivity contribution < 1.29 is 8.83 Å². The summed E-state index contributed by atoms with van der Waals surface area (Å²) in [6.07, 6.45) is 0. The van der Waals surface area contributed by atoms with E-state index in [1.165, 1.54) is 22.3 Å². The van der Waals surface area contributed by atoms with Crippen molar-refractivity contribution in [3.8, 4) is 55.6 Å². The van der Waals surface area contributed by atoms with Crippen molar-refractivity contribution in [2.24, 2.45) is 0 Å². The molecule has 0 saturated heterocycles. The molecule has 63 heavy (non-hydrogen) atoms. The van der Waals surface area contributed by atoms with Gasteiger partial charge in [-0.2, -0.15) is 0 Å². The highest BCUT2D eigenvalue weighted by Gasteiger charge is 2.23. The average Bonchev–Trinajstić information content (AvgIpc) is 3.95. The molecule has 3 nitrogen and oxygen atoms in total. The number of hydrogen-bond acceptors (Lipinski definition) is 3. The summed E-state index contributed by atoms with van der Waals surface area (Å²) in [6, 6.07) is 84.0. The second kappa shape index (κ2) is 15.3. The standard InChI is InChI=1S/C60H39NO2/c1-3-14-40(15-4-1)42-28-30-43(31-29-42)44-32-34-48(35-33-44)61(49-21-12-18-45(39-49)41-16-5-2-6-17-41)55-37-36-51(60-58(55)54-23-8-10-27-57(54)63-60)47-20-11-19-46(38-47)50-24-13-25-53-52-22-7-9-26-56(52)62-59(50)53/h1-39H. The molecule has 2 aromatic heterocycles. The van der Waals surface area contributed by atoms with E-state index in [2.05, 4.69) is 223 Å². The smallest absolute Gasteiger partial charge is 0.145 e. The molecule has 2 heterocycles. The van der Waals surface area contributed by atoms with Crippen molar-refractivity contribution in [1.82, 2.24) is 0 Å². The van der Waals surface area contributed by atoms with E-state index in [0.717, 1.165) is 94.3 Å². The SMILES string of the molecule is c1ccc(-c2ccc(-c3ccc(N(c4cccc(-c5ccccc5)c4)c4ccc(-c5cccc(-c6cccc7c6oc6ccccc67)c5)c5oc6ccccc6c45)cc3)cc2)cc1. The third-order valence-corrected chi connectivity index (χ3v) is 12.3. The summed E-state index contributed by atoms with van der Waals surface area (Å²) in [5.41, 5.74) is 17.9. The van der Waals surface area contributed by atoms with Crippen LogP contribution in [0.5, 0.6) is 0 Å². The fourth-order valence-corrected chi connectivity index (χ4v) is 9.22. The second-order valence-electron chi connectivity index (χ2n) is 16.0. The molecule has 0 saturated carbocycles. The van der Waals surface area contributed by atoms with Crippen molar-refractivity contribution in [3.05, 3.63) is 237 Å². The number of fused-ring (bicyclic) bond motifs is 6. The van der Waals surface area contributed by atoms with E-state index in [4.69, 9.17) is 8.83 Å². The average molecular weight is 806 g/mol. The highest BCUT2D eigenvalue weighted by molar-refractivity contribution is 6.17. The number of benzene rings is 10. The van der Waals surface area contributed by atoms with Gasteiger partial charge in [0.1, 0.15) is 22.3 Å². The second-order valence-corrected chi connectivity index (χ2v) is 16.0. The molecule has 0 aliphatic carbocycles. The lowest BCUT2D eigenvalue weighted by molar-refractivity contribution is 0.670. The number of furan rings is 2. The van der Waals surface area contributed by atoms with Crippen molar-refractivity contribution in [3.63, 3.8) is 0 Å². The molecule has 12 aromatic rings. The Labute approximate surface area is 365 Å². The first kappa shape index (κ1) is 36.5. The molecule has 10 aromatic carbocycles. The Bertz CT molecular complexity index is 3600. The zero-order chi connectivity index (χ0) is 41.7. The highest BCUT2D eigenvalue weighted by Crippen LogP contribution is 2.47. The van der Waals surface area contributed by atoms with Crippen LogP contribution in [0, 0.1) is 0 Å². The van der Waals surface area contributed by atoms with Gasteiger partial charge in [0.15, 0.2) is 0 Å². The van der Waals surface area contributed by atoms with E-state index < -0.39 is 0 Å². The van der Waals surface area contributed by atoms with Crippen LogP contribution in [0.1, 0.15) is 0 Å². The van der Waals surface area contributed by atoms with Crippen molar-refractivity contribution >= 4 is 60.9 Å². The molecule has 0 aliphatic heterocycles. The molecular weight excluding hydrogens is 767 g/mol. The number of nitrogens with zero attached hydrogens (tertiary/aromatic N) is 1. The van der Waals surface area contributed by atoms with Crippen LogP contribution in [0.4, 0.5) is 17.1 Å². The van der Waals surface area contributed by atoms with Gasteiger partial charge in [-0.05, 0) is 99.1 Å². The van der Waals surface area contributed by atoms with Crippen LogP contribution in [0.3, 0.4) is 0 Å². The van der Waals surface area contributed by atoms with Crippen LogP contribution < -0.4 is 4.90 Å². The molecule has 0 atom stereocenters. The van der Waals surface area contributed by atoms with Crippen LogP contribution in [0.25, 0.3) is 99.5 Å². The summed E-state index contributed by atoms with van der Waals surface area (Å²) in [5.74, 6) is 0. The monoisotopic (exact) mass is 805 g/mol. The summed E-state index contributed by atoms with van der Waals surface area (Å²) >= 11 is 0. The number of rotatable bonds is 8. The van der Waals surface area contributed by atoms with Crippen molar-refractivity contribution in [2.75, 3.05) is 4.90 Å². The van der Waals surface area contributed by atoms with Crippen LogP contribution >= 0.6 is 0 Å². The van der Waals surface area contributed by atoms with Gasteiger partial charge in [0.25, 0.3) is 0 Å². The minimum atomic E-state index is 0.840. The van der Waals surface area contributed by atoms with Crippen LogP contribution in [-0.2, 0) is 0 Å². The zero-order valence-electron chi connectivity index (χ0n) is 34.3. The van der Waals surface area contributed by atoms with E-state index in [-0.39, 0.29) is 0 Å². The Balaban J connectivity index is 1.01. The van der Waals surface area contributed by atoms with Gasteiger partial charge in [-0.15, -0.1) is 0 Å². The summed E-state index contributed by atoms with van der Waals surface area (Å²) in [5, 5.41) is 4.35. The van der Waals surface area contributed by atoms with Gasteiger partial charge in [-0.3, -0.25) is 0 Å². The van der Waals surface area contributed by atoms with Gasteiger partial charge in [-0.1, -0.05) is 182 Å². The summed E-state index contributed by atoms with van der Waals surface area (Å²) in [6.45, 7) is 0. The molecule has 0 unspecified atom stereocenters. The maximum Gasteiger partial charge on any atom is 0.145 e. The summed E-state index contributed by atoms with van der Waals surface area (Å²) in [7, 11) is 0. The third kappa shape index (κ3) is 6.46. The quantitative estimate of drug-likeness (QED) is 0.153. The van der Waals surface area contributed by atoms with Gasteiger partial charge in [-0.25, -0.2) is 0 Å². The lowest BCUT2D eigenvalue weighted by Crippen LogP contribution is -2.10. The lowest BCUT2D eigenvalue weighted by Gasteiger charge is -2.27. The Morgan fingerprint density at radius 1 is 0.270 bits per heavy atom. The molecule has 0 fully saturated rings. The minimum absolute atomic E-state index is 0.840. The maximum absolute atomic E-state index is 6.92. The molecule has 0 radical (unpaired) electrons. The summed E-state index contributed by atoms with van der Waals surface area (Å²) < 4.78 is 13.4. The Morgan fingerprint density at radius 3 is 1.44 bits per heavy atom. The highest BCUT2D eigenvalue weighted by atomic mass is 16.3. The molecule has 0 amide bonds. The predicted octanol–water partition coefficient (Wildman–Crippen LogP) is 17.3. The zero-order valence-corrected chi connectivity index (χ0v) is 34.3. The van der Waals surface area contributed by atoms with Gasteiger partial charge in [0.05, 0.1) is 11.1 Å². The molecule has 3 heteroatoms. The minimum Gasteiger partial charge on any atom is -0.455 e. The predicted molar refractivity (Wildman–Crippen MR) is 263 cm³/mol. The first-order valence-corrected chi connectivity index (χ1v) is 21.4. The van der Waals surface area contributed by atoms with Crippen LogP contribution in [-0.4, -0.2) is 0 Å². The maximum atomic E-state index is 6.92. The van der Waals surface area contributed by atoms with E-state index >= 15 is 0 Å². The van der Waals surface area contributed by atoms with Gasteiger partial charge in [0.2, 0.25) is 0 Å². The van der Waals surface area contributed by atoms with E-state index in [1.807, 2.05) is 18.2 Å². The number of para-hydroxylation sites is 3. The lowest BCUT2D eigenvalue weighted by atomic mass is 9.95. The number of anilines is 3. The molecule has 0 aliphatic rings. The van der Waals surface area contributed by atoms with E-state index in [9.17, 15) is 0 Å². The van der Waals surface area contributed by atoms with Crippen LogP contribution in [0.2, 0.25) is 0 Å². The Kier molecular flexibility index (Phi) is 8.83. The normalized spacial score (nSPS) is 11.5. The van der Waals surface area contributed by atoms with Crippen molar-refractivity contribution in [1.29, 1.82) is 0 Å². The molecule has 0 N–H and O–H groups in total. The largest absolute Gasteiger partial charge is 0.455 e. The molecular formula is C60H39NO2. The summed E-state index contributed by atoms with van der Waals surface area (Å²) in [4.78, 5) is 2.38. The Hall–Kier alpha value is -8.40. The van der Waals surface area contributed by atoms with Crippen LogP contribution in [0.15, 0.2) is 245 Å². The third-order valence-electron chi connectivity index (χ3n) is 12.3. The fourth-order valence-electron chi connectivity index (χ4n) is 9.22. The fraction of sp³-hybridized carbons (Fsp3) is 0. The number of hydrogen-bond donors (Lipinski definition) is 0. The molecule has 12 rings (SSSR count). The van der Waals surface area contributed by atoms with Gasteiger partial charge >= 0.3 is 0 Å². The van der Waals surface area contributed by atoms with Gasteiger partial charge < -0.3 is 13.7 Å². The topological polar surface area (TPSA) is 29.5 Å². The van der Waals surface area contributed by atoms with Crippen molar-refractivity contribution in [2.45, 2.75) is 0 Å². The van der Waals surface area contributed by atoms with E-state index in [0.29, 0.717) is 0 Å². The first-order valence-electron chi connectivity index (χ1n) is 21.4. The molecule has 296 valence electrons. The molecule has 0 spiro atoms. The Morgan fingerprint density at radius 2 is 0.746 bits per heavy atom. The van der Waals surface area contributed by atoms with E-state index in [1.54, 1.807) is 0 Å². The first-order chi connectivity index (χ1) is 31.2.